The van der Waals surface area contributed by atoms with E-state index in [-0.39, 0.29) is 6.61 Å². The average molecular weight is 353 g/mol. The van der Waals surface area contributed by atoms with Crippen LogP contribution in [0.15, 0.2) is 28.8 Å². The molecule has 0 spiro atoms. The van der Waals surface area contributed by atoms with Gasteiger partial charge in [0.25, 0.3) is 5.88 Å². The number of rotatable bonds is 5. The molecular formula is C17H21ClN2O4. The van der Waals surface area contributed by atoms with Gasteiger partial charge >= 0.3 is 6.09 Å². The van der Waals surface area contributed by atoms with Crippen LogP contribution in [0.1, 0.15) is 26.3 Å². The van der Waals surface area contributed by atoms with Gasteiger partial charge in [0, 0.05) is 10.6 Å². The average Bonchev–Trinajstić information content (AvgIpc) is 2.84. The number of nitrogens with zero attached hydrogens (tertiary/aromatic N) is 1. The SMILES string of the molecule is Cc1c(OCCNC(=O)OC(C)(C)C)noc1-c1ccc(Cl)cc1. The molecular weight excluding hydrogens is 332 g/mol. The summed E-state index contributed by atoms with van der Waals surface area (Å²) >= 11 is 5.88. The first-order chi connectivity index (χ1) is 11.3. The molecule has 0 aliphatic carbocycles. The number of ether oxygens (including phenoxy) is 2. The molecule has 2 aromatic rings. The molecule has 6 nitrogen and oxygen atoms in total. The fourth-order valence-corrected chi connectivity index (χ4v) is 2.07. The number of alkyl carbamates (subject to hydrolysis) is 1. The van der Waals surface area contributed by atoms with Gasteiger partial charge in [0.15, 0.2) is 5.76 Å². The van der Waals surface area contributed by atoms with Crippen LogP contribution in [0.25, 0.3) is 11.3 Å². The van der Waals surface area contributed by atoms with E-state index in [1.807, 2.05) is 19.1 Å². The van der Waals surface area contributed by atoms with Crippen LogP contribution < -0.4 is 10.1 Å². The van der Waals surface area contributed by atoms with E-state index in [9.17, 15) is 4.79 Å². The van der Waals surface area contributed by atoms with Crippen molar-refractivity contribution in [2.75, 3.05) is 13.2 Å². The zero-order valence-corrected chi connectivity index (χ0v) is 14.9. The molecule has 2 rings (SSSR count). The van der Waals surface area contributed by atoms with Crippen molar-refractivity contribution in [1.82, 2.24) is 10.5 Å². The smallest absolute Gasteiger partial charge is 0.407 e. The Kier molecular flexibility index (Phi) is 5.72. The predicted octanol–water partition coefficient (Wildman–Crippen LogP) is 4.21. The van der Waals surface area contributed by atoms with Crippen molar-refractivity contribution in [2.45, 2.75) is 33.3 Å². The fourth-order valence-electron chi connectivity index (χ4n) is 1.94. The molecule has 0 saturated carbocycles. The highest BCUT2D eigenvalue weighted by molar-refractivity contribution is 6.30. The van der Waals surface area contributed by atoms with Gasteiger partial charge < -0.3 is 19.3 Å². The molecule has 1 heterocycles. The standard InChI is InChI=1S/C17H21ClN2O4/c1-11-14(12-5-7-13(18)8-6-12)24-20-15(11)22-10-9-19-16(21)23-17(2,3)4/h5-8H,9-10H2,1-4H3,(H,19,21). The first-order valence-electron chi connectivity index (χ1n) is 7.58. The van der Waals surface area contributed by atoms with E-state index >= 15 is 0 Å². The van der Waals surface area contributed by atoms with Crippen LogP contribution in [0.5, 0.6) is 5.88 Å². The summed E-state index contributed by atoms with van der Waals surface area (Å²) < 4.78 is 16.0. The van der Waals surface area contributed by atoms with Crippen LogP contribution >= 0.6 is 11.6 Å². The number of hydrogen-bond acceptors (Lipinski definition) is 5. The summed E-state index contributed by atoms with van der Waals surface area (Å²) in [6, 6.07) is 7.27. The highest BCUT2D eigenvalue weighted by Crippen LogP contribution is 2.30. The third kappa shape index (κ3) is 5.16. The molecule has 0 bridgehead atoms. The van der Waals surface area contributed by atoms with Gasteiger partial charge in [-0.05, 0) is 57.1 Å². The zero-order valence-electron chi connectivity index (χ0n) is 14.2. The third-order valence-electron chi connectivity index (χ3n) is 3.00. The van der Waals surface area contributed by atoms with Crippen molar-refractivity contribution in [3.63, 3.8) is 0 Å². The Labute approximate surface area is 146 Å². The number of aromatic nitrogens is 1. The number of amides is 1. The van der Waals surface area contributed by atoms with Gasteiger partial charge in [-0.1, -0.05) is 11.6 Å². The number of benzene rings is 1. The van der Waals surface area contributed by atoms with Crippen LogP contribution in [0.3, 0.4) is 0 Å². The van der Waals surface area contributed by atoms with Crippen LogP contribution in [0.2, 0.25) is 5.02 Å². The maximum atomic E-state index is 11.5. The number of carbonyl (C=O) groups excluding carboxylic acids is 1. The van der Waals surface area contributed by atoms with Crippen LogP contribution in [-0.4, -0.2) is 30.0 Å². The third-order valence-corrected chi connectivity index (χ3v) is 3.25. The largest absolute Gasteiger partial charge is 0.473 e. The van der Waals surface area contributed by atoms with Crippen molar-refractivity contribution in [2.24, 2.45) is 0 Å². The second kappa shape index (κ2) is 7.57. The molecule has 1 aromatic heterocycles. The van der Waals surface area contributed by atoms with Crippen LogP contribution in [0, 0.1) is 6.92 Å². The highest BCUT2D eigenvalue weighted by atomic mass is 35.5. The lowest BCUT2D eigenvalue weighted by Gasteiger charge is -2.19. The Morgan fingerprint density at radius 1 is 1.29 bits per heavy atom. The van der Waals surface area contributed by atoms with Gasteiger partial charge in [-0.25, -0.2) is 4.79 Å². The minimum atomic E-state index is -0.527. The second-order valence-electron chi connectivity index (χ2n) is 6.23. The molecule has 0 unspecified atom stereocenters. The van der Waals surface area contributed by atoms with Gasteiger partial charge in [0.05, 0.1) is 12.1 Å². The number of hydrogen-bond donors (Lipinski definition) is 1. The van der Waals surface area contributed by atoms with Crippen molar-refractivity contribution >= 4 is 17.7 Å². The van der Waals surface area contributed by atoms with E-state index in [4.69, 9.17) is 25.6 Å². The van der Waals surface area contributed by atoms with Gasteiger partial charge in [0.1, 0.15) is 12.2 Å². The molecule has 1 amide bonds. The van der Waals surface area contributed by atoms with Crippen molar-refractivity contribution in [3.05, 3.63) is 34.9 Å². The summed E-state index contributed by atoms with van der Waals surface area (Å²) in [7, 11) is 0. The Balaban J connectivity index is 1.86. The molecule has 1 aromatic carbocycles. The van der Waals surface area contributed by atoms with Crippen LogP contribution in [-0.2, 0) is 4.74 Å². The molecule has 0 aliphatic rings. The summed E-state index contributed by atoms with van der Waals surface area (Å²) in [4.78, 5) is 11.5. The van der Waals surface area contributed by atoms with E-state index in [0.29, 0.717) is 23.2 Å². The normalized spacial score (nSPS) is 11.2. The summed E-state index contributed by atoms with van der Waals surface area (Å²) in [5.41, 5.74) is 1.13. The summed E-state index contributed by atoms with van der Waals surface area (Å²) in [6.07, 6.45) is -0.482. The van der Waals surface area contributed by atoms with Crippen molar-refractivity contribution < 1.29 is 18.8 Å². The predicted molar refractivity (Wildman–Crippen MR) is 91.4 cm³/mol. The van der Waals surface area contributed by atoms with Gasteiger partial charge in [0.2, 0.25) is 0 Å². The van der Waals surface area contributed by atoms with Gasteiger partial charge in [-0.15, -0.1) is 0 Å². The van der Waals surface area contributed by atoms with E-state index in [1.54, 1.807) is 32.9 Å². The summed E-state index contributed by atoms with van der Waals surface area (Å²) in [6.45, 7) is 7.83. The molecule has 0 aliphatic heterocycles. The van der Waals surface area contributed by atoms with E-state index in [2.05, 4.69) is 10.5 Å². The Hall–Kier alpha value is -2.21. The lowest BCUT2D eigenvalue weighted by atomic mass is 10.1. The van der Waals surface area contributed by atoms with E-state index in [1.165, 1.54) is 0 Å². The van der Waals surface area contributed by atoms with Crippen LogP contribution in [0.4, 0.5) is 4.79 Å². The first kappa shape index (κ1) is 18.1. The molecule has 24 heavy (non-hydrogen) atoms. The van der Waals surface area contributed by atoms with Crippen molar-refractivity contribution in [1.29, 1.82) is 0 Å². The highest BCUT2D eigenvalue weighted by Gasteiger charge is 2.17. The maximum absolute atomic E-state index is 11.5. The summed E-state index contributed by atoms with van der Waals surface area (Å²) in [5, 5.41) is 7.18. The minimum Gasteiger partial charge on any atom is -0.473 e. The van der Waals surface area contributed by atoms with Gasteiger partial charge in [-0.3, -0.25) is 0 Å². The first-order valence-corrected chi connectivity index (χ1v) is 7.96. The minimum absolute atomic E-state index is 0.257. The lowest BCUT2D eigenvalue weighted by Crippen LogP contribution is -2.34. The molecule has 0 radical (unpaired) electrons. The molecule has 0 saturated heterocycles. The second-order valence-corrected chi connectivity index (χ2v) is 6.66. The number of nitrogens with one attached hydrogen (secondary N) is 1. The number of carbonyl (C=O) groups is 1. The fraction of sp³-hybridized carbons (Fsp3) is 0.412. The molecule has 1 N–H and O–H groups in total. The van der Waals surface area contributed by atoms with Gasteiger partial charge in [-0.2, -0.15) is 0 Å². The maximum Gasteiger partial charge on any atom is 0.407 e. The quantitative estimate of drug-likeness (QED) is 0.816. The zero-order chi connectivity index (χ0) is 17.7. The Morgan fingerprint density at radius 2 is 1.96 bits per heavy atom. The Morgan fingerprint density at radius 3 is 2.58 bits per heavy atom. The topological polar surface area (TPSA) is 73.6 Å². The molecule has 130 valence electrons. The Bertz CT molecular complexity index is 690. The van der Waals surface area contributed by atoms with Crippen molar-refractivity contribution in [3.8, 4) is 17.2 Å². The summed E-state index contributed by atoms with van der Waals surface area (Å²) in [5.74, 6) is 1.02. The lowest BCUT2D eigenvalue weighted by molar-refractivity contribution is 0.0519. The molecule has 7 heteroatoms. The number of halogens is 1. The molecule has 0 atom stereocenters. The molecule has 0 fully saturated rings. The van der Waals surface area contributed by atoms with E-state index < -0.39 is 11.7 Å². The monoisotopic (exact) mass is 352 g/mol. The van der Waals surface area contributed by atoms with E-state index in [0.717, 1.165) is 11.1 Å².